The van der Waals surface area contributed by atoms with Crippen LogP contribution in [0.5, 0.6) is 5.75 Å². The highest BCUT2D eigenvalue weighted by atomic mass is 16.5. The van der Waals surface area contributed by atoms with Gasteiger partial charge in [-0.05, 0) is 36.1 Å². The van der Waals surface area contributed by atoms with E-state index in [0.29, 0.717) is 0 Å². The van der Waals surface area contributed by atoms with E-state index in [-0.39, 0.29) is 19.1 Å². The lowest BCUT2D eigenvalue weighted by molar-refractivity contribution is -0.130. The van der Waals surface area contributed by atoms with Crippen LogP contribution in [0.1, 0.15) is 22.3 Å². The van der Waals surface area contributed by atoms with Crippen molar-refractivity contribution in [3.8, 4) is 5.75 Å². The number of amides is 3. The molecule has 0 unspecified atom stereocenters. The van der Waals surface area contributed by atoms with Gasteiger partial charge in [0.25, 0.3) is 5.91 Å². The highest BCUT2D eigenvalue weighted by Crippen LogP contribution is 2.36. The lowest BCUT2D eigenvalue weighted by atomic mass is 9.82. The second-order valence-corrected chi connectivity index (χ2v) is 7.44. The molecule has 0 spiro atoms. The first-order valence-corrected chi connectivity index (χ1v) is 9.98. The van der Waals surface area contributed by atoms with Crippen LogP contribution in [0, 0.1) is 13.8 Å². The maximum absolute atomic E-state index is 13.6. The molecule has 1 heterocycles. The van der Waals surface area contributed by atoms with Gasteiger partial charge < -0.3 is 10.1 Å². The quantitative estimate of drug-likeness (QED) is 0.632. The molecule has 3 aromatic rings. The molecule has 1 fully saturated rings. The third-order valence-electron chi connectivity index (χ3n) is 5.49. The Kier molecular flexibility index (Phi) is 5.27. The number of hydrogen-bond acceptors (Lipinski definition) is 3. The molecule has 4 rings (SSSR count). The fourth-order valence-electron chi connectivity index (χ4n) is 3.98. The monoisotopic (exact) mass is 400 g/mol. The van der Waals surface area contributed by atoms with Crippen LogP contribution in [-0.2, 0) is 10.3 Å². The largest absolute Gasteiger partial charge is 0.491 e. The molecule has 0 saturated carbocycles. The number of carbonyl (C=O) groups excluding carboxylic acids is 2. The number of hydrogen-bond donors (Lipinski definition) is 1. The minimum absolute atomic E-state index is 0.167. The summed E-state index contributed by atoms with van der Waals surface area (Å²) in [5.41, 5.74) is 2.27. The van der Waals surface area contributed by atoms with Gasteiger partial charge in [0.15, 0.2) is 5.54 Å². The van der Waals surface area contributed by atoms with Gasteiger partial charge in [-0.15, -0.1) is 0 Å². The fourth-order valence-corrected chi connectivity index (χ4v) is 3.98. The van der Waals surface area contributed by atoms with Crippen LogP contribution in [0.15, 0.2) is 78.9 Å². The predicted octanol–water partition coefficient (Wildman–Crippen LogP) is 4.18. The number of urea groups is 1. The van der Waals surface area contributed by atoms with Crippen LogP contribution in [0.25, 0.3) is 0 Å². The van der Waals surface area contributed by atoms with Crippen LogP contribution in [-0.4, -0.2) is 30.0 Å². The number of aryl methyl sites for hydroxylation is 2. The fraction of sp³-hybridized carbons (Fsp3) is 0.200. The zero-order valence-electron chi connectivity index (χ0n) is 17.1. The van der Waals surface area contributed by atoms with E-state index in [4.69, 9.17) is 4.74 Å². The molecule has 0 aromatic heterocycles. The molecule has 30 heavy (non-hydrogen) atoms. The van der Waals surface area contributed by atoms with Crippen molar-refractivity contribution in [1.82, 2.24) is 10.2 Å². The van der Waals surface area contributed by atoms with Gasteiger partial charge in [0.05, 0.1) is 6.54 Å². The highest BCUT2D eigenvalue weighted by molar-refractivity contribution is 6.09. The zero-order chi connectivity index (χ0) is 21.1. The maximum atomic E-state index is 13.6. The third kappa shape index (κ3) is 3.32. The molecular weight excluding hydrogens is 376 g/mol. The van der Waals surface area contributed by atoms with Gasteiger partial charge in [-0.2, -0.15) is 0 Å². The van der Waals surface area contributed by atoms with Gasteiger partial charge in [-0.3, -0.25) is 9.69 Å². The van der Waals surface area contributed by atoms with Crippen molar-refractivity contribution in [2.45, 2.75) is 19.4 Å². The van der Waals surface area contributed by atoms with E-state index in [2.05, 4.69) is 5.32 Å². The number of nitrogens with one attached hydrogen (secondary N) is 1. The van der Waals surface area contributed by atoms with Crippen molar-refractivity contribution in [2.75, 3.05) is 13.2 Å². The standard InChI is InChI=1S/C25H24N2O3/c1-18-10-9-11-19(2)22(18)30-17-16-27-23(28)25(26-24(27)29,20-12-5-3-6-13-20)21-14-7-4-8-15-21/h3-15H,16-17H2,1-2H3,(H,26,29). The Morgan fingerprint density at radius 2 is 1.33 bits per heavy atom. The van der Waals surface area contributed by atoms with E-state index in [0.717, 1.165) is 28.0 Å². The van der Waals surface area contributed by atoms with Crippen molar-refractivity contribution in [2.24, 2.45) is 0 Å². The molecule has 0 aliphatic carbocycles. The van der Waals surface area contributed by atoms with Gasteiger partial charge in [0.1, 0.15) is 12.4 Å². The first-order chi connectivity index (χ1) is 14.5. The van der Waals surface area contributed by atoms with Crippen molar-refractivity contribution >= 4 is 11.9 Å². The highest BCUT2D eigenvalue weighted by Gasteiger charge is 2.53. The number of rotatable bonds is 6. The summed E-state index contributed by atoms with van der Waals surface area (Å²) in [6, 6.07) is 24.2. The zero-order valence-corrected chi connectivity index (χ0v) is 17.1. The number of para-hydroxylation sites is 1. The van der Waals surface area contributed by atoms with Crippen molar-refractivity contribution < 1.29 is 14.3 Å². The number of benzene rings is 3. The Labute approximate surface area is 176 Å². The van der Waals surface area contributed by atoms with Crippen LogP contribution >= 0.6 is 0 Å². The van der Waals surface area contributed by atoms with Crippen molar-refractivity contribution in [1.29, 1.82) is 0 Å². The van der Waals surface area contributed by atoms with Gasteiger partial charge in [-0.1, -0.05) is 78.9 Å². The summed E-state index contributed by atoms with van der Waals surface area (Å²) in [5.74, 6) is 0.497. The van der Waals surface area contributed by atoms with E-state index >= 15 is 0 Å². The Hall–Kier alpha value is -3.60. The molecule has 3 amide bonds. The molecule has 152 valence electrons. The number of nitrogens with zero attached hydrogens (tertiary/aromatic N) is 1. The molecule has 5 heteroatoms. The maximum Gasteiger partial charge on any atom is 0.325 e. The van der Waals surface area contributed by atoms with Gasteiger partial charge in [0.2, 0.25) is 0 Å². The number of carbonyl (C=O) groups is 2. The second kappa shape index (κ2) is 8.03. The molecule has 1 saturated heterocycles. The molecule has 0 atom stereocenters. The van der Waals surface area contributed by atoms with E-state index in [9.17, 15) is 9.59 Å². The first-order valence-electron chi connectivity index (χ1n) is 9.98. The third-order valence-corrected chi connectivity index (χ3v) is 5.49. The Bertz CT molecular complexity index is 1000. The second-order valence-electron chi connectivity index (χ2n) is 7.44. The SMILES string of the molecule is Cc1cccc(C)c1OCCN1C(=O)NC(c2ccccc2)(c2ccccc2)C1=O. The summed E-state index contributed by atoms with van der Waals surface area (Å²) in [4.78, 5) is 27.7. The lowest BCUT2D eigenvalue weighted by Gasteiger charge is -2.28. The summed E-state index contributed by atoms with van der Waals surface area (Å²) < 4.78 is 5.93. The summed E-state index contributed by atoms with van der Waals surface area (Å²) >= 11 is 0. The Morgan fingerprint density at radius 3 is 1.87 bits per heavy atom. The lowest BCUT2D eigenvalue weighted by Crippen LogP contribution is -2.45. The van der Waals surface area contributed by atoms with E-state index in [1.165, 1.54) is 4.90 Å². The summed E-state index contributed by atoms with van der Waals surface area (Å²) in [5, 5.41) is 2.95. The minimum Gasteiger partial charge on any atom is -0.491 e. The summed E-state index contributed by atoms with van der Waals surface area (Å²) in [6.07, 6.45) is 0. The van der Waals surface area contributed by atoms with Crippen molar-refractivity contribution in [3.05, 3.63) is 101 Å². The summed E-state index contributed by atoms with van der Waals surface area (Å²) in [7, 11) is 0. The Balaban J connectivity index is 1.61. The number of imide groups is 1. The number of ether oxygens (including phenoxy) is 1. The molecule has 0 radical (unpaired) electrons. The molecule has 1 aliphatic rings. The van der Waals surface area contributed by atoms with Crippen LogP contribution in [0.3, 0.4) is 0 Å². The van der Waals surface area contributed by atoms with Crippen molar-refractivity contribution in [3.63, 3.8) is 0 Å². The molecule has 3 aromatic carbocycles. The van der Waals surface area contributed by atoms with Crippen LogP contribution in [0.2, 0.25) is 0 Å². The first kappa shape index (κ1) is 19.7. The van der Waals surface area contributed by atoms with Crippen LogP contribution < -0.4 is 10.1 Å². The Morgan fingerprint density at radius 1 is 0.800 bits per heavy atom. The van der Waals surface area contributed by atoms with E-state index < -0.39 is 11.6 Å². The van der Waals surface area contributed by atoms with Gasteiger partial charge in [0, 0.05) is 0 Å². The molecule has 5 nitrogen and oxygen atoms in total. The van der Waals surface area contributed by atoms with E-state index in [1.54, 1.807) is 0 Å². The molecule has 0 bridgehead atoms. The normalized spacial score (nSPS) is 15.2. The summed E-state index contributed by atoms with van der Waals surface area (Å²) in [6.45, 7) is 4.35. The van der Waals surface area contributed by atoms with Gasteiger partial charge >= 0.3 is 6.03 Å². The predicted molar refractivity (Wildman–Crippen MR) is 115 cm³/mol. The molecule has 1 aliphatic heterocycles. The average Bonchev–Trinajstić information content (AvgIpc) is 3.02. The smallest absolute Gasteiger partial charge is 0.325 e. The van der Waals surface area contributed by atoms with E-state index in [1.807, 2.05) is 92.7 Å². The van der Waals surface area contributed by atoms with Gasteiger partial charge in [-0.25, -0.2) is 4.79 Å². The average molecular weight is 400 g/mol. The molecule has 1 N–H and O–H groups in total. The van der Waals surface area contributed by atoms with Crippen LogP contribution in [0.4, 0.5) is 4.79 Å². The molecular formula is C25H24N2O3. The topological polar surface area (TPSA) is 58.6 Å². The minimum atomic E-state index is -1.24.